The topological polar surface area (TPSA) is 0 Å². The van der Waals surface area contributed by atoms with Gasteiger partial charge in [0.15, 0.2) is 0 Å². The van der Waals surface area contributed by atoms with E-state index in [9.17, 15) is 0 Å². The van der Waals surface area contributed by atoms with Gasteiger partial charge in [-0.1, -0.05) is 64.7 Å². The molecule has 18 heavy (non-hydrogen) atoms. The molecule has 0 nitrogen and oxygen atoms in total. The summed E-state index contributed by atoms with van der Waals surface area (Å²) in [5, 5.41) is 0. The van der Waals surface area contributed by atoms with Crippen molar-refractivity contribution >= 4 is 0 Å². The van der Waals surface area contributed by atoms with Crippen LogP contribution in [0.5, 0.6) is 0 Å². The number of hydrogen-bond donors (Lipinski definition) is 0. The molecule has 4 unspecified atom stereocenters. The summed E-state index contributed by atoms with van der Waals surface area (Å²) in [6, 6.07) is 0. The van der Waals surface area contributed by atoms with Crippen molar-refractivity contribution in [1.29, 1.82) is 0 Å². The Morgan fingerprint density at radius 3 is 2.11 bits per heavy atom. The van der Waals surface area contributed by atoms with Crippen LogP contribution in [-0.4, -0.2) is 0 Å². The molecular formula is C18H32. The molecule has 3 rings (SSSR count). The lowest BCUT2D eigenvalue weighted by molar-refractivity contribution is 0.00285. The van der Waals surface area contributed by atoms with Crippen molar-refractivity contribution in [3.63, 3.8) is 0 Å². The number of fused-ring (bicyclic) bond motifs is 1. The van der Waals surface area contributed by atoms with Gasteiger partial charge in [0.25, 0.3) is 0 Å². The fourth-order valence-electron chi connectivity index (χ4n) is 5.80. The molecule has 0 aliphatic heterocycles. The molecule has 4 atom stereocenters. The van der Waals surface area contributed by atoms with E-state index >= 15 is 0 Å². The fourth-order valence-corrected chi connectivity index (χ4v) is 5.80. The minimum absolute atomic E-state index is 1.09. The first-order valence-corrected chi connectivity index (χ1v) is 8.90. The Labute approximate surface area is 114 Å². The van der Waals surface area contributed by atoms with Gasteiger partial charge in [-0.25, -0.2) is 0 Å². The predicted octanol–water partition coefficient (Wildman–Crippen LogP) is 5.81. The molecule has 0 amide bonds. The Morgan fingerprint density at radius 2 is 1.33 bits per heavy atom. The summed E-state index contributed by atoms with van der Waals surface area (Å²) in [4.78, 5) is 0. The lowest BCUT2D eigenvalue weighted by Gasteiger charge is -2.49. The number of rotatable bonds is 2. The van der Waals surface area contributed by atoms with Crippen LogP contribution in [0.4, 0.5) is 0 Å². The third kappa shape index (κ3) is 2.49. The van der Waals surface area contributed by atoms with Gasteiger partial charge in [-0.15, -0.1) is 0 Å². The summed E-state index contributed by atoms with van der Waals surface area (Å²) in [6.07, 6.45) is 18.6. The highest BCUT2D eigenvalue weighted by atomic mass is 14.5. The zero-order valence-corrected chi connectivity index (χ0v) is 12.4. The van der Waals surface area contributed by atoms with E-state index in [2.05, 4.69) is 6.92 Å². The molecule has 0 N–H and O–H groups in total. The van der Waals surface area contributed by atoms with E-state index < -0.39 is 0 Å². The molecule has 3 saturated carbocycles. The van der Waals surface area contributed by atoms with Gasteiger partial charge in [0.2, 0.25) is 0 Å². The SMILES string of the molecule is CCC1CCC2CCCCC2C1C1CCCCC1. The first kappa shape index (κ1) is 13.0. The van der Waals surface area contributed by atoms with Crippen molar-refractivity contribution in [2.45, 2.75) is 84.0 Å². The molecule has 3 aliphatic rings. The van der Waals surface area contributed by atoms with E-state index in [1.165, 1.54) is 32.1 Å². The van der Waals surface area contributed by atoms with E-state index in [1.54, 1.807) is 44.9 Å². The molecule has 0 aromatic rings. The lowest BCUT2D eigenvalue weighted by Crippen LogP contribution is -2.41. The van der Waals surface area contributed by atoms with Crippen LogP contribution in [0.15, 0.2) is 0 Å². The number of hydrogen-bond acceptors (Lipinski definition) is 0. The van der Waals surface area contributed by atoms with E-state index in [0.29, 0.717) is 0 Å². The van der Waals surface area contributed by atoms with Crippen molar-refractivity contribution in [3.8, 4) is 0 Å². The highest BCUT2D eigenvalue weighted by Crippen LogP contribution is 2.52. The maximum Gasteiger partial charge on any atom is -0.0326 e. The summed E-state index contributed by atoms with van der Waals surface area (Å²) in [5.74, 6) is 5.62. The maximum absolute atomic E-state index is 2.46. The second-order valence-corrected chi connectivity index (χ2v) is 7.43. The summed E-state index contributed by atoms with van der Waals surface area (Å²) >= 11 is 0. The van der Waals surface area contributed by atoms with E-state index in [0.717, 1.165) is 29.6 Å². The summed E-state index contributed by atoms with van der Waals surface area (Å²) in [5.41, 5.74) is 0. The first-order valence-electron chi connectivity index (χ1n) is 8.90. The second-order valence-electron chi connectivity index (χ2n) is 7.43. The zero-order chi connectivity index (χ0) is 12.4. The molecule has 0 bridgehead atoms. The van der Waals surface area contributed by atoms with Gasteiger partial charge >= 0.3 is 0 Å². The molecule has 3 fully saturated rings. The minimum atomic E-state index is 1.09. The van der Waals surface area contributed by atoms with Crippen LogP contribution >= 0.6 is 0 Å². The summed E-state index contributed by atoms with van der Waals surface area (Å²) < 4.78 is 0. The normalized spacial score (nSPS) is 42.5. The third-order valence-corrected chi connectivity index (χ3v) is 6.63. The van der Waals surface area contributed by atoms with Crippen molar-refractivity contribution < 1.29 is 0 Å². The standard InChI is InChI=1S/C18H32/c1-2-14-12-13-15-8-6-7-11-17(15)18(14)16-9-4-3-5-10-16/h14-18H,2-13H2,1H3. The molecule has 0 aromatic carbocycles. The van der Waals surface area contributed by atoms with E-state index in [-0.39, 0.29) is 0 Å². The molecule has 104 valence electrons. The van der Waals surface area contributed by atoms with E-state index in [4.69, 9.17) is 0 Å². The Morgan fingerprint density at radius 1 is 0.667 bits per heavy atom. The van der Waals surface area contributed by atoms with Crippen LogP contribution in [0.3, 0.4) is 0 Å². The monoisotopic (exact) mass is 248 g/mol. The fraction of sp³-hybridized carbons (Fsp3) is 1.00. The first-order chi connectivity index (χ1) is 8.90. The largest absolute Gasteiger partial charge is 0.0651 e. The molecule has 0 spiro atoms. The zero-order valence-electron chi connectivity index (χ0n) is 12.4. The molecule has 0 heterocycles. The van der Waals surface area contributed by atoms with Crippen molar-refractivity contribution in [2.75, 3.05) is 0 Å². The van der Waals surface area contributed by atoms with Gasteiger partial charge in [-0.2, -0.15) is 0 Å². The van der Waals surface area contributed by atoms with Gasteiger partial charge < -0.3 is 0 Å². The third-order valence-electron chi connectivity index (χ3n) is 6.63. The summed E-state index contributed by atoms with van der Waals surface area (Å²) in [7, 11) is 0. The Balaban J connectivity index is 1.75. The molecule has 0 radical (unpaired) electrons. The Hall–Kier alpha value is 0. The molecule has 0 saturated heterocycles. The van der Waals surface area contributed by atoms with Gasteiger partial charge in [0.1, 0.15) is 0 Å². The molecule has 3 aliphatic carbocycles. The van der Waals surface area contributed by atoms with Gasteiger partial charge in [0.05, 0.1) is 0 Å². The minimum Gasteiger partial charge on any atom is -0.0651 e. The maximum atomic E-state index is 2.46. The van der Waals surface area contributed by atoms with Crippen molar-refractivity contribution in [3.05, 3.63) is 0 Å². The summed E-state index contributed by atoms with van der Waals surface area (Å²) in [6.45, 7) is 2.46. The Bertz CT molecular complexity index is 251. The second kappa shape index (κ2) is 5.97. The van der Waals surface area contributed by atoms with Gasteiger partial charge in [-0.3, -0.25) is 0 Å². The van der Waals surface area contributed by atoms with Crippen LogP contribution in [0.2, 0.25) is 0 Å². The highest BCUT2D eigenvalue weighted by Gasteiger charge is 2.42. The van der Waals surface area contributed by atoms with Crippen LogP contribution in [-0.2, 0) is 0 Å². The van der Waals surface area contributed by atoms with Crippen molar-refractivity contribution in [1.82, 2.24) is 0 Å². The van der Waals surface area contributed by atoms with Crippen molar-refractivity contribution in [2.24, 2.45) is 29.6 Å². The molecule has 0 aromatic heterocycles. The predicted molar refractivity (Wildman–Crippen MR) is 78.5 cm³/mol. The van der Waals surface area contributed by atoms with Crippen LogP contribution < -0.4 is 0 Å². The van der Waals surface area contributed by atoms with Gasteiger partial charge in [-0.05, 0) is 48.9 Å². The van der Waals surface area contributed by atoms with Crippen LogP contribution in [0, 0.1) is 29.6 Å². The van der Waals surface area contributed by atoms with Crippen LogP contribution in [0.1, 0.15) is 84.0 Å². The molecule has 0 heteroatoms. The smallest absolute Gasteiger partial charge is 0.0326 e. The highest BCUT2D eigenvalue weighted by molar-refractivity contribution is 4.92. The quantitative estimate of drug-likeness (QED) is 0.578. The van der Waals surface area contributed by atoms with Gasteiger partial charge in [0, 0.05) is 0 Å². The average Bonchev–Trinajstić information content (AvgIpc) is 2.47. The Kier molecular flexibility index (Phi) is 4.31. The van der Waals surface area contributed by atoms with Crippen LogP contribution in [0.25, 0.3) is 0 Å². The molecular weight excluding hydrogens is 216 g/mol. The van der Waals surface area contributed by atoms with E-state index in [1.807, 2.05) is 0 Å². The average molecular weight is 248 g/mol. The lowest BCUT2D eigenvalue weighted by atomic mass is 9.56.